The van der Waals surface area contributed by atoms with E-state index >= 15 is 0 Å². The number of hydrogen-bond donors (Lipinski definition) is 2. The predicted molar refractivity (Wildman–Crippen MR) is 64.5 cm³/mol. The molecule has 0 saturated carbocycles. The van der Waals surface area contributed by atoms with E-state index in [1.807, 2.05) is 18.9 Å². The molecule has 0 unspecified atom stereocenters. The van der Waals surface area contributed by atoms with E-state index in [9.17, 15) is 4.79 Å². The number of nitrogens with zero attached hydrogens (tertiary/aromatic N) is 4. The summed E-state index contributed by atoms with van der Waals surface area (Å²) in [5.41, 5.74) is 0.707. The normalized spacial score (nSPS) is 12.8. The Bertz CT molecular complexity index is 576. The topological polar surface area (TPSA) is 108 Å². The highest BCUT2D eigenvalue weighted by atomic mass is 16.5. The first kappa shape index (κ1) is 13.2. The number of aromatic amines is 1. The lowest BCUT2D eigenvalue weighted by atomic mass is 10.2. The molecule has 2 aromatic heterocycles. The number of carboxylic acids is 1. The van der Waals surface area contributed by atoms with E-state index in [1.54, 1.807) is 6.92 Å². The first-order valence-electron chi connectivity index (χ1n) is 5.75. The van der Waals surface area contributed by atoms with E-state index in [1.165, 1.54) is 6.20 Å². The summed E-state index contributed by atoms with van der Waals surface area (Å²) >= 11 is 0. The average Bonchev–Trinajstić information content (AvgIpc) is 2.97. The van der Waals surface area contributed by atoms with Gasteiger partial charge in [-0.25, -0.2) is 4.79 Å². The van der Waals surface area contributed by atoms with Gasteiger partial charge in [0.2, 0.25) is 5.89 Å². The SMILES string of the molecule is Cc1noc([C@@H](C)N(C)Cc2cn[nH]c2C(=O)O)n1. The van der Waals surface area contributed by atoms with Crippen LogP contribution in [0.1, 0.15) is 40.7 Å². The van der Waals surface area contributed by atoms with Gasteiger partial charge in [-0.05, 0) is 20.9 Å². The lowest BCUT2D eigenvalue weighted by molar-refractivity contribution is 0.0687. The van der Waals surface area contributed by atoms with Gasteiger partial charge in [0.1, 0.15) is 5.69 Å². The van der Waals surface area contributed by atoms with Gasteiger partial charge in [0.25, 0.3) is 0 Å². The Balaban J connectivity index is 2.10. The van der Waals surface area contributed by atoms with Crippen molar-refractivity contribution in [3.63, 3.8) is 0 Å². The van der Waals surface area contributed by atoms with E-state index in [0.29, 0.717) is 23.8 Å². The van der Waals surface area contributed by atoms with Gasteiger partial charge in [0, 0.05) is 12.1 Å². The summed E-state index contributed by atoms with van der Waals surface area (Å²) in [7, 11) is 1.85. The third-order valence-corrected chi connectivity index (χ3v) is 2.91. The Morgan fingerprint density at radius 3 is 2.95 bits per heavy atom. The molecule has 0 aromatic carbocycles. The van der Waals surface area contributed by atoms with Crippen LogP contribution >= 0.6 is 0 Å². The van der Waals surface area contributed by atoms with Crippen molar-refractivity contribution in [2.75, 3.05) is 7.05 Å². The maximum Gasteiger partial charge on any atom is 0.354 e. The molecule has 1 atom stereocenters. The molecular weight excluding hydrogens is 250 g/mol. The number of aromatic carboxylic acids is 1. The molecule has 102 valence electrons. The number of H-pyrrole nitrogens is 1. The van der Waals surface area contributed by atoms with E-state index in [2.05, 4.69) is 20.3 Å². The van der Waals surface area contributed by atoms with Crippen LogP contribution in [0.2, 0.25) is 0 Å². The molecule has 0 saturated heterocycles. The summed E-state index contributed by atoms with van der Waals surface area (Å²) in [5, 5.41) is 18.9. The highest BCUT2D eigenvalue weighted by Gasteiger charge is 2.21. The molecule has 8 heteroatoms. The van der Waals surface area contributed by atoms with Gasteiger partial charge < -0.3 is 9.63 Å². The Morgan fingerprint density at radius 1 is 1.63 bits per heavy atom. The Kier molecular flexibility index (Phi) is 3.61. The monoisotopic (exact) mass is 265 g/mol. The fourth-order valence-electron chi connectivity index (χ4n) is 1.69. The second kappa shape index (κ2) is 5.19. The summed E-state index contributed by atoms with van der Waals surface area (Å²) < 4.78 is 5.10. The minimum atomic E-state index is -1.03. The number of carbonyl (C=O) groups is 1. The van der Waals surface area contributed by atoms with Crippen LogP contribution in [0.15, 0.2) is 10.7 Å². The second-order valence-corrected chi connectivity index (χ2v) is 4.35. The van der Waals surface area contributed by atoms with Crippen LogP contribution < -0.4 is 0 Å². The molecule has 2 N–H and O–H groups in total. The van der Waals surface area contributed by atoms with Gasteiger partial charge in [-0.1, -0.05) is 5.16 Å². The number of aryl methyl sites for hydroxylation is 1. The van der Waals surface area contributed by atoms with Crippen molar-refractivity contribution >= 4 is 5.97 Å². The first-order valence-corrected chi connectivity index (χ1v) is 5.75. The predicted octanol–water partition coefficient (Wildman–Crippen LogP) is 0.992. The van der Waals surface area contributed by atoms with Gasteiger partial charge in [-0.3, -0.25) is 10.00 Å². The van der Waals surface area contributed by atoms with Gasteiger partial charge >= 0.3 is 5.97 Å². The van der Waals surface area contributed by atoms with Crippen molar-refractivity contribution in [1.29, 1.82) is 0 Å². The van der Waals surface area contributed by atoms with E-state index < -0.39 is 5.97 Å². The summed E-state index contributed by atoms with van der Waals surface area (Å²) in [5.74, 6) is 0.0485. The van der Waals surface area contributed by atoms with Crippen LogP contribution in [0.4, 0.5) is 0 Å². The lowest BCUT2D eigenvalue weighted by Crippen LogP contribution is -2.23. The number of aromatic nitrogens is 4. The fourth-order valence-corrected chi connectivity index (χ4v) is 1.69. The van der Waals surface area contributed by atoms with E-state index in [4.69, 9.17) is 9.63 Å². The van der Waals surface area contributed by atoms with Crippen molar-refractivity contribution in [1.82, 2.24) is 25.2 Å². The second-order valence-electron chi connectivity index (χ2n) is 4.35. The van der Waals surface area contributed by atoms with Crippen molar-refractivity contribution < 1.29 is 14.4 Å². The highest BCUT2D eigenvalue weighted by Crippen LogP contribution is 2.19. The largest absolute Gasteiger partial charge is 0.477 e. The zero-order valence-electron chi connectivity index (χ0n) is 10.9. The first-order chi connectivity index (χ1) is 8.99. The minimum absolute atomic E-state index is 0.0979. The third kappa shape index (κ3) is 2.79. The van der Waals surface area contributed by atoms with Crippen molar-refractivity contribution in [3.05, 3.63) is 29.2 Å². The smallest absolute Gasteiger partial charge is 0.354 e. The summed E-state index contributed by atoms with van der Waals surface area (Å²) in [4.78, 5) is 17.0. The Labute approximate surface area is 109 Å². The molecule has 0 spiro atoms. The lowest BCUT2D eigenvalue weighted by Gasteiger charge is -2.20. The molecule has 2 rings (SSSR count). The van der Waals surface area contributed by atoms with Crippen LogP contribution in [-0.2, 0) is 6.54 Å². The summed E-state index contributed by atoms with van der Waals surface area (Å²) in [6, 6.07) is -0.113. The molecule has 0 fully saturated rings. The maximum absolute atomic E-state index is 11.0. The van der Waals surface area contributed by atoms with Crippen LogP contribution in [0.25, 0.3) is 0 Å². The van der Waals surface area contributed by atoms with Crippen molar-refractivity contribution in [2.24, 2.45) is 0 Å². The highest BCUT2D eigenvalue weighted by molar-refractivity contribution is 5.86. The number of carboxylic acid groups (broad SMARTS) is 1. The summed E-state index contributed by atoms with van der Waals surface area (Å²) in [6.07, 6.45) is 1.51. The minimum Gasteiger partial charge on any atom is -0.477 e. The Hall–Kier alpha value is -2.22. The van der Waals surface area contributed by atoms with E-state index in [-0.39, 0.29) is 11.7 Å². The standard InChI is InChI=1S/C11H15N5O3/c1-6(10-13-7(2)15-19-10)16(3)5-8-4-12-14-9(8)11(17)18/h4,6H,5H2,1-3H3,(H,12,14)(H,17,18)/t6-/m1/s1. The van der Waals surface area contributed by atoms with Crippen LogP contribution in [-0.4, -0.2) is 43.4 Å². The third-order valence-electron chi connectivity index (χ3n) is 2.91. The fraction of sp³-hybridized carbons (Fsp3) is 0.455. The van der Waals surface area contributed by atoms with Crippen LogP contribution in [0.3, 0.4) is 0 Å². The Morgan fingerprint density at radius 2 is 2.37 bits per heavy atom. The quantitative estimate of drug-likeness (QED) is 0.829. The molecule has 19 heavy (non-hydrogen) atoms. The van der Waals surface area contributed by atoms with Crippen LogP contribution in [0.5, 0.6) is 0 Å². The number of nitrogens with one attached hydrogen (secondary N) is 1. The molecule has 0 amide bonds. The van der Waals surface area contributed by atoms with Crippen LogP contribution in [0, 0.1) is 6.92 Å². The molecule has 8 nitrogen and oxygen atoms in total. The molecule has 0 aliphatic heterocycles. The summed E-state index contributed by atoms with van der Waals surface area (Å²) in [6.45, 7) is 4.08. The van der Waals surface area contributed by atoms with Gasteiger partial charge in [0.05, 0.1) is 12.2 Å². The van der Waals surface area contributed by atoms with Crippen molar-refractivity contribution in [2.45, 2.75) is 26.4 Å². The maximum atomic E-state index is 11.0. The van der Waals surface area contributed by atoms with Gasteiger partial charge in [-0.2, -0.15) is 10.1 Å². The number of hydrogen-bond acceptors (Lipinski definition) is 6. The molecule has 0 aliphatic rings. The van der Waals surface area contributed by atoms with Gasteiger partial charge in [-0.15, -0.1) is 0 Å². The molecule has 2 heterocycles. The molecular formula is C11H15N5O3. The van der Waals surface area contributed by atoms with Gasteiger partial charge in [0.15, 0.2) is 5.82 Å². The molecule has 0 radical (unpaired) electrons. The molecule has 0 aliphatic carbocycles. The molecule has 0 bridgehead atoms. The average molecular weight is 265 g/mol. The van der Waals surface area contributed by atoms with E-state index in [0.717, 1.165) is 0 Å². The zero-order valence-corrected chi connectivity index (χ0v) is 10.9. The zero-order chi connectivity index (χ0) is 14.0. The van der Waals surface area contributed by atoms with Crippen molar-refractivity contribution in [3.8, 4) is 0 Å². The number of rotatable bonds is 5. The molecule has 2 aromatic rings.